The number of hydrogen-bond donors (Lipinski definition) is 1. The molecule has 1 aliphatic heterocycles. The number of pyridine rings is 2. The van der Waals surface area contributed by atoms with E-state index in [1.165, 1.54) is 6.08 Å². The molecule has 3 aromatic rings. The van der Waals surface area contributed by atoms with E-state index < -0.39 is 5.92 Å². The number of hydrogen-bond acceptors (Lipinski definition) is 5. The Morgan fingerprint density at radius 2 is 1.94 bits per heavy atom. The molecule has 2 unspecified atom stereocenters. The third-order valence-corrected chi connectivity index (χ3v) is 6.99. The molecule has 3 heterocycles. The first-order chi connectivity index (χ1) is 17.0. The second-order valence-electron chi connectivity index (χ2n) is 9.14. The molecule has 1 amide bonds. The van der Waals surface area contributed by atoms with Crippen molar-refractivity contribution >= 4 is 27.9 Å². The van der Waals surface area contributed by atoms with Crippen molar-refractivity contribution in [1.29, 1.82) is 5.26 Å². The third-order valence-electron chi connectivity index (χ3n) is 6.99. The highest BCUT2D eigenvalue weighted by atomic mass is 19.1. The summed E-state index contributed by atoms with van der Waals surface area (Å²) in [6.45, 7) is 3.22. The third kappa shape index (κ3) is 4.52. The van der Waals surface area contributed by atoms with Crippen LogP contribution in [0.25, 0.3) is 16.3 Å². The molecule has 0 spiro atoms. The Morgan fingerprint density at radius 1 is 1.14 bits per heavy atom. The predicted octanol–water partition coefficient (Wildman–Crippen LogP) is 5.37. The van der Waals surface area contributed by atoms with Crippen LogP contribution in [0.5, 0.6) is 0 Å². The molecule has 7 heteroatoms. The van der Waals surface area contributed by atoms with Gasteiger partial charge in [0.05, 0.1) is 11.6 Å². The molecule has 1 saturated heterocycles. The van der Waals surface area contributed by atoms with Gasteiger partial charge < -0.3 is 10.2 Å². The maximum absolute atomic E-state index is 14.2. The van der Waals surface area contributed by atoms with Crippen molar-refractivity contribution in [2.45, 2.75) is 25.8 Å². The quantitative estimate of drug-likeness (QED) is 0.558. The summed E-state index contributed by atoms with van der Waals surface area (Å²) in [5, 5.41) is 15.2. The van der Waals surface area contributed by atoms with Crippen molar-refractivity contribution in [2.24, 2.45) is 11.8 Å². The summed E-state index contributed by atoms with van der Waals surface area (Å²) in [5.74, 6) is -1.40. The van der Waals surface area contributed by atoms with Gasteiger partial charge in [0.15, 0.2) is 0 Å². The van der Waals surface area contributed by atoms with Gasteiger partial charge in [0.1, 0.15) is 11.7 Å². The first kappa shape index (κ1) is 22.7. The van der Waals surface area contributed by atoms with Crippen molar-refractivity contribution < 1.29 is 9.18 Å². The van der Waals surface area contributed by atoms with Gasteiger partial charge in [-0.2, -0.15) is 5.26 Å². The molecule has 1 fully saturated rings. The fourth-order valence-electron chi connectivity index (χ4n) is 4.98. The Morgan fingerprint density at radius 3 is 2.69 bits per heavy atom. The van der Waals surface area contributed by atoms with Gasteiger partial charge >= 0.3 is 0 Å². The molecule has 2 aliphatic rings. The van der Waals surface area contributed by atoms with Gasteiger partial charge in [-0.1, -0.05) is 13.0 Å². The zero-order chi connectivity index (χ0) is 24.4. The van der Waals surface area contributed by atoms with Crippen LogP contribution in [0.15, 0.2) is 73.1 Å². The molecule has 176 valence electrons. The van der Waals surface area contributed by atoms with Gasteiger partial charge in [-0.3, -0.25) is 14.8 Å². The number of nitriles is 1. The summed E-state index contributed by atoms with van der Waals surface area (Å²) in [6.07, 6.45) is 11.7. The van der Waals surface area contributed by atoms with Crippen molar-refractivity contribution in [2.75, 3.05) is 18.4 Å². The average molecular weight is 468 g/mol. The highest BCUT2D eigenvalue weighted by molar-refractivity contribution is 5.97. The average Bonchev–Trinajstić information content (AvgIpc) is 2.89. The standard InChI is InChI=1S/C28H26FN5O/c1-18-23(4-5-26(29)24(18)15-30)21-13-19-6-10-32-17-25(19)27(14-21)33-22-7-11-34(12-8-22)28(35)20-3-2-9-31-16-20/h2-6,9-10,13-14,16-18,22,24,33H,7-8,11-12H2,1H3. The lowest BCUT2D eigenvalue weighted by Gasteiger charge is -2.33. The first-order valence-corrected chi connectivity index (χ1v) is 11.9. The number of carbonyl (C=O) groups excluding carboxylic acids is 1. The lowest BCUT2D eigenvalue weighted by atomic mass is 9.80. The van der Waals surface area contributed by atoms with Gasteiger partial charge in [0, 0.05) is 60.9 Å². The van der Waals surface area contributed by atoms with Crippen LogP contribution in [-0.2, 0) is 0 Å². The summed E-state index contributed by atoms with van der Waals surface area (Å²) in [7, 11) is 0. The number of amides is 1. The van der Waals surface area contributed by atoms with Crippen LogP contribution in [0.3, 0.4) is 0 Å². The predicted molar refractivity (Wildman–Crippen MR) is 134 cm³/mol. The Balaban J connectivity index is 1.38. The summed E-state index contributed by atoms with van der Waals surface area (Å²) < 4.78 is 14.2. The molecule has 0 radical (unpaired) electrons. The molecular weight excluding hydrogens is 441 g/mol. The minimum absolute atomic E-state index is 0.0127. The number of benzene rings is 1. The number of likely N-dealkylation sites (tertiary alicyclic amines) is 1. The summed E-state index contributed by atoms with van der Waals surface area (Å²) in [5.41, 5.74) is 3.47. The van der Waals surface area contributed by atoms with Crippen molar-refractivity contribution in [3.63, 3.8) is 0 Å². The van der Waals surface area contributed by atoms with E-state index in [0.29, 0.717) is 18.7 Å². The Kier molecular flexibility index (Phi) is 6.28. The van der Waals surface area contributed by atoms with E-state index in [0.717, 1.165) is 40.4 Å². The number of nitrogens with zero attached hydrogens (tertiary/aromatic N) is 4. The Bertz CT molecular complexity index is 1350. The molecular formula is C28H26FN5O. The molecule has 0 bridgehead atoms. The number of nitrogens with one attached hydrogen (secondary N) is 1. The molecule has 2 atom stereocenters. The van der Waals surface area contributed by atoms with Crippen LogP contribution in [0, 0.1) is 23.2 Å². The molecule has 1 N–H and O–H groups in total. The number of anilines is 1. The van der Waals surface area contributed by atoms with E-state index in [9.17, 15) is 14.4 Å². The maximum Gasteiger partial charge on any atom is 0.255 e. The lowest BCUT2D eigenvalue weighted by Crippen LogP contribution is -2.42. The Labute approximate surface area is 203 Å². The van der Waals surface area contributed by atoms with Gasteiger partial charge in [-0.15, -0.1) is 0 Å². The first-order valence-electron chi connectivity index (χ1n) is 11.9. The van der Waals surface area contributed by atoms with Crippen LogP contribution < -0.4 is 5.32 Å². The van der Waals surface area contributed by atoms with Gasteiger partial charge in [-0.05, 0) is 65.8 Å². The minimum Gasteiger partial charge on any atom is -0.382 e. The SMILES string of the molecule is CC1C(c2cc(NC3CCN(C(=O)c4cccnc4)CC3)c3cnccc3c2)=CC=C(F)C1C#N. The molecule has 5 rings (SSSR count). The number of carbonyl (C=O) groups is 1. The largest absolute Gasteiger partial charge is 0.382 e. The number of aromatic nitrogens is 2. The second-order valence-corrected chi connectivity index (χ2v) is 9.14. The lowest BCUT2D eigenvalue weighted by molar-refractivity contribution is 0.0718. The molecule has 35 heavy (non-hydrogen) atoms. The smallest absolute Gasteiger partial charge is 0.255 e. The highest BCUT2D eigenvalue weighted by Gasteiger charge is 2.29. The minimum atomic E-state index is -0.777. The van der Waals surface area contributed by atoms with Gasteiger partial charge in [0.25, 0.3) is 5.91 Å². The molecule has 1 aliphatic carbocycles. The van der Waals surface area contributed by atoms with E-state index >= 15 is 0 Å². The normalized spacial score (nSPS) is 20.7. The highest BCUT2D eigenvalue weighted by Crippen LogP contribution is 2.39. The Hall–Kier alpha value is -4.05. The summed E-state index contributed by atoms with van der Waals surface area (Å²) in [6, 6.07) is 12.0. The zero-order valence-electron chi connectivity index (χ0n) is 19.5. The van der Waals surface area contributed by atoms with Crippen LogP contribution in [-0.4, -0.2) is 39.9 Å². The van der Waals surface area contributed by atoms with Crippen molar-refractivity contribution in [3.05, 3.63) is 84.2 Å². The maximum atomic E-state index is 14.2. The van der Waals surface area contributed by atoms with E-state index in [4.69, 9.17) is 0 Å². The van der Waals surface area contributed by atoms with Crippen molar-refractivity contribution in [1.82, 2.24) is 14.9 Å². The summed E-state index contributed by atoms with van der Waals surface area (Å²) in [4.78, 5) is 23.0. The van der Waals surface area contributed by atoms with Crippen LogP contribution in [0.1, 0.15) is 35.7 Å². The van der Waals surface area contributed by atoms with Crippen LogP contribution in [0.2, 0.25) is 0 Å². The topological polar surface area (TPSA) is 81.9 Å². The fraction of sp³-hybridized carbons (Fsp3) is 0.286. The number of piperidine rings is 1. The van der Waals surface area contributed by atoms with E-state index in [-0.39, 0.29) is 23.7 Å². The number of fused-ring (bicyclic) bond motifs is 1. The van der Waals surface area contributed by atoms with Crippen LogP contribution in [0.4, 0.5) is 10.1 Å². The number of allylic oxidation sites excluding steroid dienone is 4. The molecule has 2 aromatic heterocycles. The zero-order valence-corrected chi connectivity index (χ0v) is 19.5. The van der Waals surface area contributed by atoms with Gasteiger partial charge in [0.2, 0.25) is 0 Å². The van der Waals surface area contributed by atoms with Crippen LogP contribution >= 0.6 is 0 Å². The van der Waals surface area contributed by atoms with Crippen molar-refractivity contribution in [3.8, 4) is 6.07 Å². The molecule has 6 nitrogen and oxygen atoms in total. The van der Waals surface area contributed by atoms with Gasteiger partial charge in [-0.25, -0.2) is 4.39 Å². The number of rotatable bonds is 4. The number of halogens is 1. The second kappa shape index (κ2) is 9.67. The van der Waals surface area contributed by atoms with E-state index in [1.54, 1.807) is 36.8 Å². The molecule has 1 aromatic carbocycles. The monoisotopic (exact) mass is 467 g/mol. The summed E-state index contributed by atoms with van der Waals surface area (Å²) >= 11 is 0. The van der Waals surface area contributed by atoms with E-state index in [2.05, 4.69) is 33.5 Å². The molecule has 0 saturated carbocycles. The van der Waals surface area contributed by atoms with E-state index in [1.807, 2.05) is 24.1 Å². The fourth-order valence-corrected chi connectivity index (χ4v) is 4.98.